The lowest BCUT2D eigenvalue weighted by Crippen LogP contribution is -2.16. The Morgan fingerprint density at radius 2 is 1.62 bits per heavy atom. The topological polar surface area (TPSA) is 101 Å². The number of benzene rings is 3. The Morgan fingerprint density at radius 3 is 2.38 bits per heavy atom. The van der Waals surface area contributed by atoms with Crippen LogP contribution in [0.4, 0.5) is 11.5 Å². The number of carbonyl (C=O) groups is 1. The summed E-state index contributed by atoms with van der Waals surface area (Å²) in [7, 11) is -3.82. The Balaban J connectivity index is 1.45. The van der Waals surface area contributed by atoms with Crippen LogP contribution < -0.4 is 10.0 Å². The molecule has 0 aliphatic rings. The van der Waals surface area contributed by atoms with Crippen LogP contribution in [0.25, 0.3) is 10.8 Å². The van der Waals surface area contributed by atoms with Crippen LogP contribution in [0.15, 0.2) is 77.7 Å². The normalized spacial score (nSPS) is 11.3. The number of aryl methyl sites for hydroxylation is 2. The van der Waals surface area contributed by atoms with Crippen molar-refractivity contribution in [2.45, 2.75) is 25.2 Å². The Labute approximate surface area is 186 Å². The van der Waals surface area contributed by atoms with E-state index in [2.05, 4.69) is 20.0 Å². The van der Waals surface area contributed by atoms with Gasteiger partial charge in [-0.05, 0) is 54.4 Å². The van der Waals surface area contributed by atoms with Gasteiger partial charge in [0.2, 0.25) is 5.91 Å². The average molecular weight is 447 g/mol. The standard InChI is InChI=1S/C24H22N4O3S/c1-16-14-23(26-17(2)25-16)28-32(30,31)21-12-10-20(11-13-21)27-24(29)15-19-8-5-7-18-6-3-4-9-22(18)19/h3-14H,15H2,1-2H3,(H,27,29)(H,25,26,28). The molecule has 0 spiro atoms. The SMILES string of the molecule is Cc1cc(NS(=O)(=O)c2ccc(NC(=O)Cc3cccc4ccccc34)cc2)nc(C)n1. The highest BCUT2D eigenvalue weighted by Gasteiger charge is 2.16. The van der Waals surface area contributed by atoms with Crippen LogP contribution >= 0.6 is 0 Å². The molecule has 0 radical (unpaired) electrons. The first-order chi connectivity index (χ1) is 15.3. The monoisotopic (exact) mass is 446 g/mol. The molecule has 0 bridgehead atoms. The summed E-state index contributed by atoms with van der Waals surface area (Å²) in [6.45, 7) is 3.46. The molecule has 2 N–H and O–H groups in total. The van der Waals surface area contributed by atoms with E-state index in [1.54, 1.807) is 32.0 Å². The predicted octanol–water partition coefficient (Wildman–Crippen LogP) is 4.23. The van der Waals surface area contributed by atoms with E-state index in [0.717, 1.165) is 16.3 Å². The Bertz CT molecular complexity index is 1380. The van der Waals surface area contributed by atoms with E-state index in [0.29, 0.717) is 17.2 Å². The third kappa shape index (κ3) is 4.92. The lowest BCUT2D eigenvalue weighted by atomic mass is 10.0. The molecular formula is C24H22N4O3S. The fourth-order valence-corrected chi connectivity index (χ4v) is 4.50. The van der Waals surface area contributed by atoms with E-state index in [4.69, 9.17) is 0 Å². The fourth-order valence-electron chi connectivity index (χ4n) is 3.51. The van der Waals surface area contributed by atoms with Crippen LogP contribution in [0, 0.1) is 13.8 Å². The second-order valence-corrected chi connectivity index (χ2v) is 9.12. The van der Waals surface area contributed by atoms with Gasteiger partial charge in [0.15, 0.2) is 0 Å². The van der Waals surface area contributed by atoms with Crippen molar-refractivity contribution in [3.63, 3.8) is 0 Å². The number of nitrogens with one attached hydrogen (secondary N) is 2. The molecule has 4 aromatic rings. The highest BCUT2D eigenvalue weighted by molar-refractivity contribution is 7.92. The number of sulfonamides is 1. The number of aromatic nitrogens is 2. The molecular weight excluding hydrogens is 424 g/mol. The maximum atomic E-state index is 12.7. The van der Waals surface area contributed by atoms with E-state index < -0.39 is 10.0 Å². The zero-order valence-electron chi connectivity index (χ0n) is 17.7. The molecule has 4 rings (SSSR count). The van der Waals surface area contributed by atoms with Gasteiger partial charge in [-0.1, -0.05) is 42.5 Å². The first kappa shape index (κ1) is 21.5. The van der Waals surface area contributed by atoms with Crippen molar-refractivity contribution in [2.75, 3.05) is 10.0 Å². The summed E-state index contributed by atoms with van der Waals surface area (Å²) >= 11 is 0. The van der Waals surface area contributed by atoms with Crippen LogP contribution in [-0.4, -0.2) is 24.3 Å². The molecule has 0 aliphatic heterocycles. The van der Waals surface area contributed by atoms with Crippen molar-refractivity contribution >= 4 is 38.2 Å². The number of amides is 1. The summed E-state index contributed by atoms with van der Waals surface area (Å²) in [5, 5.41) is 4.94. The number of rotatable bonds is 6. The first-order valence-corrected chi connectivity index (χ1v) is 11.5. The van der Waals surface area contributed by atoms with Crippen LogP contribution in [0.5, 0.6) is 0 Å². The van der Waals surface area contributed by atoms with Crippen molar-refractivity contribution in [3.8, 4) is 0 Å². The third-order valence-corrected chi connectivity index (χ3v) is 6.25. The highest BCUT2D eigenvalue weighted by Crippen LogP contribution is 2.21. The van der Waals surface area contributed by atoms with Crippen molar-refractivity contribution in [1.29, 1.82) is 0 Å². The largest absolute Gasteiger partial charge is 0.326 e. The predicted molar refractivity (Wildman–Crippen MR) is 125 cm³/mol. The van der Waals surface area contributed by atoms with E-state index in [-0.39, 0.29) is 23.0 Å². The Morgan fingerprint density at radius 1 is 0.906 bits per heavy atom. The van der Waals surface area contributed by atoms with Gasteiger partial charge >= 0.3 is 0 Å². The quantitative estimate of drug-likeness (QED) is 0.462. The van der Waals surface area contributed by atoms with Gasteiger partial charge < -0.3 is 5.32 Å². The second kappa shape index (κ2) is 8.76. The lowest BCUT2D eigenvalue weighted by molar-refractivity contribution is -0.115. The van der Waals surface area contributed by atoms with Gasteiger partial charge in [-0.25, -0.2) is 18.4 Å². The van der Waals surface area contributed by atoms with Crippen molar-refractivity contribution in [3.05, 3.63) is 89.9 Å². The second-order valence-electron chi connectivity index (χ2n) is 7.43. The van der Waals surface area contributed by atoms with Crippen molar-refractivity contribution in [1.82, 2.24) is 9.97 Å². The summed E-state index contributed by atoms with van der Waals surface area (Å²) in [5.74, 6) is 0.511. The minimum Gasteiger partial charge on any atom is -0.326 e. The maximum absolute atomic E-state index is 12.7. The van der Waals surface area contributed by atoms with Gasteiger partial charge in [0.1, 0.15) is 11.6 Å². The first-order valence-electron chi connectivity index (χ1n) is 10.0. The van der Waals surface area contributed by atoms with E-state index in [1.807, 2.05) is 42.5 Å². The number of hydrogen-bond acceptors (Lipinski definition) is 5. The summed E-state index contributed by atoms with van der Waals surface area (Å²) in [5.41, 5.74) is 2.11. The molecule has 7 nitrogen and oxygen atoms in total. The van der Waals surface area contributed by atoms with E-state index in [1.165, 1.54) is 12.1 Å². The molecule has 8 heteroatoms. The molecule has 1 heterocycles. The fraction of sp³-hybridized carbons (Fsp3) is 0.125. The molecule has 1 aromatic heterocycles. The van der Waals surface area contributed by atoms with Crippen LogP contribution in [0.1, 0.15) is 17.1 Å². The number of fused-ring (bicyclic) bond motifs is 1. The number of anilines is 2. The van der Waals surface area contributed by atoms with Gasteiger partial charge in [-0.15, -0.1) is 0 Å². The van der Waals surface area contributed by atoms with E-state index in [9.17, 15) is 13.2 Å². The minimum absolute atomic E-state index is 0.0680. The maximum Gasteiger partial charge on any atom is 0.263 e. The van der Waals surface area contributed by atoms with Gasteiger partial charge in [-0.2, -0.15) is 0 Å². The molecule has 162 valence electrons. The third-order valence-electron chi connectivity index (χ3n) is 4.88. The molecule has 0 saturated carbocycles. The summed E-state index contributed by atoms with van der Waals surface area (Å²) in [4.78, 5) is 20.9. The molecule has 0 aliphatic carbocycles. The zero-order valence-corrected chi connectivity index (χ0v) is 18.5. The lowest BCUT2D eigenvalue weighted by Gasteiger charge is -2.10. The number of nitrogens with zero attached hydrogens (tertiary/aromatic N) is 2. The minimum atomic E-state index is -3.82. The van der Waals surface area contributed by atoms with E-state index >= 15 is 0 Å². The summed E-state index contributed by atoms with van der Waals surface area (Å²) < 4.78 is 27.8. The Hall–Kier alpha value is -3.78. The van der Waals surface area contributed by atoms with Gasteiger partial charge in [0.25, 0.3) is 10.0 Å². The van der Waals surface area contributed by atoms with Crippen molar-refractivity contribution in [2.24, 2.45) is 0 Å². The molecule has 0 unspecified atom stereocenters. The number of carbonyl (C=O) groups excluding carboxylic acids is 1. The molecule has 0 fully saturated rings. The summed E-state index contributed by atoms with van der Waals surface area (Å²) in [6.07, 6.45) is 0.218. The summed E-state index contributed by atoms with van der Waals surface area (Å²) in [6, 6.07) is 21.3. The Kier molecular flexibility index (Phi) is 5.87. The molecule has 0 saturated heterocycles. The zero-order chi connectivity index (χ0) is 22.7. The number of hydrogen-bond donors (Lipinski definition) is 2. The molecule has 0 atom stereocenters. The van der Waals surface area contributed by atoms with Gasteiger partial charge in [0, 0.05) is 17.4 Å². The van der Waals surface area contributed by atoms with Crippen LogP contribution in [-0.2, 0) is 21.2 Å². The van der Waals surface area contributed by atoms with Crippen LogP contribution in [0.3, 0.4) is 0 Å². The molecule has 3 aromatic carbocycles. The average Bonchev–Trinajstić information content (AvgIpc) is 2.73. The van der Waals surface area contributed by atoms with Gasteiger partial charge in [0.05, 0.1) is 11.3 Å². The van der Waals surface area contributed by atoms with Crippen molar-refractivity contribution < 1.29 is 13.2 Å². The smallest absolute Gasteiger partial charge is 0.263 e. The molecule has 1 amide bonds. The van der Waals surface area contributed by atoms with Gasteiger partial charge in [-0.3, -0.25) is 9.52 Å². The highest BCUT2D eigenvalue weighted by atomic mass is 32.2. The molecule has 32 heavy (non-hydrogen) atoms. The van der Waals surface area contributed by atoms with Crippen LogP contribution in [0.2, 0.25) is 0 Å².